The highest BCUT2D eigenvalue weighted by Gasteiger charge is 2.41. The first kappa shape index (κ1) is 13.7. The molecule has 0 heterocycles. The highest BCUT2D eigenvalue weighted by atomic mass is 19.4. The van der Waals surface area contributed by atoms with Gasteiger partial charge >= 0.3 is 18.1 Å². The van der Waals surface area contributed by atoms with Crippen LogP contribution < -0.4 is 5.84 Å². The van der Waals surface area contributed by atoms with E-state index in [1.165, 1.54) is 0 Å². The molecule has 1 amide bonds. The number of nitrogens with zero attached hydrogens (tertiary/aromatic N) is 1. The second kappa shape index (κ2) is 5.54. The lowest BCUT2D eigenvalue weighted by Gasteiger charge is -2.17. The molecule has 2 N–H and O–H groups in total. The van der Waals surface area contributed by atoms with Crippen LogP contribution in [-0.2, 0) is 14.3 Å². The summed E-state index contributed by atoms with van der Waals surface area (Å²) < 4.78 is 39.8. The van der Waals surface area contributed by atoms with Crippen molar-refractivity contribution >= 4 is 11.9 Å². The van der Waals surface area contributed by atoms with E-state index in [1.54, 1.807) is 6.92 Å². The Morgan fingerprint density at radius 1 is 1.40 bits per heavy atom. The third-order valence-corrected chi connectivity index (χ3v) is 1.37. The van der Waals surface area contributed by atoms with Gasteiger partial charge in [-0.1, -0.05) is 0 Å². The van der Waals surface area contributed by atoms with Gasteiger partial charge in [0.15, 0.2) is 0 Å². The summed E-state index contributed by atoms with van der Waals surface area (Å²) in [5.41, 5.74) is 0. The van der Waals surface area contributed by atoms with Gasteiger partial charge in [-0.15, -0.1) is 0 Å². The number of esters is 1. The van der Waals surface area contributed by atoms with E-state index in [-0.39, 0.29) is 18.0 Å². The van der Waals surface area contributed by atoms with Gasteiger partial charge in [-0.3, -0.25) is 14.6 Å². The molecule has 0 atom stereocenters. The summed E-state index contributed by atoms with van der Waals surface area (Å²) in [6.07, 6.45) is -5.39. The Morgan fingerprint density at radius 3 is 2.33 bits per heavy atom. The van der Waals surface area contributed by atoms with Crippen molar-refractivity contribution in [3.8, 4) is 0 Å². The monoisotopic (exact) mass is 228 g/mol. The molecular formula is C7H11F3N2O3. The van der Waals surface area contributed by atoms with Crippen molar-refractivity contribution in [2.45, 2.75) is 19.5 Å². The standard InChI is InChI=1S/C7H11F3N2O3/c1-2-15-5(13)3-4-12(11)6(14)7(8,9)10/h2-4,11H2,1H3. The quantitative estimate of drug-likeness (QED) is 0.323. The molecule has 0 aliphatic heterocycles. The Kier molecular flexibility index (Phi) is 5.06. The van der Waals surface area contributed by atoms with Crippen LogP contribution in [0, 0.1) is 0 Å². The average Bonchev–Trinajstić information content (AvgIpc) is 2.12. The van der Waals surface area contributed by atoms with Gasteiger partial charge in [-0.05, 0) is 6.92 Å². The number of carbonyl (C=O) groups excluding carboxylic acids is 2. The van der Waals surface area contributed by atoms with Crippen molar-refractivity contribution in [3.05, 3.63) is 0 Å². The van der Waals surface area contributed by atoms with Crippen LogP contribution in [0.1, 0.15) is 13.3 Å². The minimum Gasteiger partial charge on any atom is -0.466 e. The van der Waals surface area contributed by atoms with Gasteiger partial charge in [0.2, 0.25) is 0 Å². The van der Waals surface area contributed by atoms with Gasteiger partial charge in [-0.2, -0.15) is 13.2 Å². The maximum Gasteiger partial charge on any atom is 0.472 e. The van der Waals surface area contributed by atoms with Crippen molar-refractivity contribution in [2.75, 3.05) is 13.2 Å². The average molecular weight is 228 g/mol. The zero-order chi connectivity index (χ0) is 12.1. The highest BCUT2D eigenvalue weighted by molar-refractivity contribution is 5.81. The van der Waals surface area contributed by atoms with Crippen molar-refractivity contribution < 1.29 is 27.5 Å². The number of rotatable bonds is 4. The minimum absolute atomic E-state index is 0.0586. The molecule has 0 aliphatic rings. The number of ether oxygens (including phenoxy) is 1. The van der Waals surface area contributed by atoms with Crippen molar-refractivity contribution in [3.63, 3.8) is 0 Å². The molecule has 0 aromatic heterocycles. The third kappa shape index (κ3) is 5.21. The summed E-state index contributed by atoms with van der Waals surface area (Å²) >= 11 is 0. The molecule has 0 saturated heterocycles. The minimum atomic E-state index is -5.02. The number of hydrogen-bond donors (Lipinski definition) is 1. The lowest BCUT2D eigenvalue weighted by molar-refractivity contribution is -0.186. The first-order valence-electron chi connectivity index (χ1n) is 4.08. The summed E-state index contributed by atoms with van der Waals surface area (Å²) in [6.45, 7) is 1.15. The number of carbonyl (C=O) groups is 2. The summed E-state index contributed by atoms with van der Waals surface area (Å²) in [5.74, 6) is 1.91. The van der Waals surface area contributed by atoms with E-state index in [4.69, 9.17) is 5.84 Å². The molecule has 0 fully saturated rings. The molecule has 5 nitrogen and oxygen atoms in total. The molecule has 0 radical (unpaired) electrons. The van der Waals surface area contributed by atoms with Crippen LogP contribution in [0.3, 0.4) is 0 Å². The summed E-state index contributed by atoms with van der Waals surface area (Å²) in [4.78, 5) is 21.2. The van der Waals surface area contributed by atoms with E-state index in [1.807, 2.05) is 0 Å². The van der Waals surface area contributed by atoms with Gasteiger partial charge in [0, 0.05) is 6.54 Å². The zero-order valence-electron chi connectivity index (χ0n) is 8.00. The molecule has 0 saturated carbocycles. The Balaban J connectivity index is 3.99. The summed E-state index contributed by atoms with van der Waals surface area (Å²) in [5, 5.41) is -0.0586. The van der Waals surface area contributed by atoms with E-state index in [0.29, 0.717) is 0 Å². The second-order valence-corrected chi connectivity index (χ2v) is 2.55. The van der Waals surface area contributed by atoms with Gasteiger partial charge in [0.1, 0.15) is 0 Å². The fourth-order valence-corrected chi connectivity index (χ4v) is 0.709. The molecule has 0 aromatic rings. The van der Waals surface area contributed by atoms with E-state index < -0.39 is 24.6 Å². The largest absolute Gasteiger partial charge is 0.472 e. The van der Waals surface area contributed by atoms with Crippen molar-refractivity contribution in [2.24, 2.45) is 5.84 Å². The topological polar surface area (TPSA) is 72.6 Å². The van der Waals surface area contributed by atoms with Crippen molar-refractivity contribution in [1.29, 1.82) is 0 Å². The number of nitrogens with two attached hydrogens (primary N) is 1. The van der Waals surface area contributed by atoms with Crippen molar-refractivity contribution in [1.82, 2.24) is 5.01 Å². The predicted octanol–water partition coefficient (Wildman–Crippen LogP) is 0.204. The molecule has 0 unspecified atom stereocenters. The number of amides is 1. The first-order chi connectivity index (χ1) is 6.79. The Morgan fingerprint density at radius 2 is 1.93 bits per heavy atom. The van der Waals surface area contributed by atoms with Gasteiger partial charge < -0.3 is 4.74 Å². The molecule has 0 aliphatic carbocycles. The normalized spacial score (nSPS) is 11.0. The molecule has 0 bridgehead atoms. The molecule has 0 aromatic carbocycles. The van der Waals surface area contributed by atoms with Crippen LogP contribution in [0.25, 0.3) is 0 Å². The zero-order valence-corrected chi connectivity index (χ0v) is 8.00. The number of hydrazine groups is 1. The van der Waals surface area contributed by atoms with Crippen LogP contribution in [-0.4, -0.2) is 36.2 Å². The van der Waals surface area contributed by atoms with Crippen LogP contribution in [0.15, 0.2) is 0 Å². The van der Waals surface area contributed by atoms with Gasteiger partial charge in [-0.25, -0.2) is 5.84 Å². The van der Waals surface area contributed by atoms with E-state index >= 15 is 0 Å². The SMILES string of the molecule is CCOC(=O)CCN(N)C(=O)C(F)(F)F. The van der Waals surface area contributed by atoms with Crippen LogP contribution in [0.4, 0.5) is 13.2 Å². The predicted molar refractivity (Wildman–Crippen MR) is 43.2 cm³/mol. The highest BCUT2D eigenvalue weighted by Crippen LogP contribution is 2.16. The van der Waals surface area contributed by atoms with Crippen LogP contribution >= 0.6 is 0 Å². The molecule has 88 valence electrons. The molecule has 8 heteroatoms. The number of alkyl halides is 3. The molecule has 15 heavy (non-hydrogen) atoms. The van der Waals surface area contributed by atoms with Gasteiger partial charge in [0.05, 0.1) is 13.0 Å². The second-order valence-electron chi connectivity index (χ2n) is 2.55. The Labute approximate surface area is 83.9 Å². The molecule has 0 rings (SSSR count). The number of hydrogen-bond acceptors (Lipinski definition) is 4. The smallest absolute Gasteiger partial charge is 0.466 e. The fraction of sp³-hybridized carbons (Fsp3) is 0.714. The summed E-state index contributed by atoms with van der Waals surface area (Å²) in [6, 6.07) is 0. The van der Waals surface area contributed by atoms with Crippen LogP contribution in [0.5, 0.6) is 0 Å². The van der Waals surface area contributed by atoms with E-state index in [2.05, 4.69) is 4.74 Å². The first-order valence-corrected chi connectivity index (χ1v) is 4.08. The maximum absolute atomic E-state index is 11.8. The third-order valence-electron chi connectivity index (χ3n) is 1.37. The lowest BCUT2D eigenvalue weighted by Crippen LogP contribution is -2.46. The fourth-order valence-electron chi connectivity index (χ4n) is 0.709. The van der Waals surface area contributed by atoms with E-state index in [0.717, 1.165) is 0 Å². The Hall–Kier alpha value is -1.31. The molecule has 0 spiro atoms. The van der Waals surface area contributed by atoms with Crippen LogP contribution in [0.2, 0.25) is 0 Å². The number of halogens is 3. The summed E-state index contributed by atoms with van der Waals surface area (Å²) in [7, 11) is 0. The lowest BCUT2D eigenvalue weighted by atomic mass is 10.4. The van der Waals surface area contributed by atoms with E-state index in [9.17, 15) is 22.8 Å². The Bertz CT molecular complexity index is 242. The van der Waals surface area contributed by atoms with Gasteiger partial charge in [0.25, 0.3) is 0 Å². The molecular weight excluding hydrogens is 217 g/mol. The maximum atomic E-state index is 11.8.